The van der Waals surface area contributed by atoms with Gasteiger partial charge in [-0.25, -0.2) is 8.42 Å². The van der Waals surface area contributed by atoms with Gasteiger partial charge in [-0.05, 0) is 54.6 Å². The highest BCUT2D eigenvalue weighted by molar-refractivity contribution is 7.90. The minimum absolute atomic E-state index is 0.00989. The summed E-state index contributed by atoms with van der Waals surface area (Å²) in [6.45, 7) is -0.108. The molecule has 0 aliphatic carbocycles. The summed E-state index contributed by atoms with van der Waals surface area (Å²) >= 11 is 6.07. The van der Waals surface area contributed by atoms with Gasteiger partial charge in [0.15, 0.2) is 9.84 Å². The molecule has 0 unspecified atom stereocenters. The van der Waals surface area contributed by atoms with Crippen molar-refractivity contribution in [3.8, 4) is 0 Å². The summed E-state index contributed by atoms with van der Waals surface area (Å²) < 4.78 is 23.5. The quantitative estimate of drug-likeness (QED) is 0.588. The molecule has 1 aliphatic heterocycles. The molecule has 33 heavy (non-hydrogen) atoms. The summed E-state index contributed by atoms with van der Waals surface area (Å²) in [5.74, 6) is -1.25. The monoisotopic (exact) mass is 483 g/mol. The number of carbonyl (C=O) groups is 3. The first-order valence-corrected chi connectivity index (χ1v) is 12.0. The molecule has 0 radical (unpaired) electrons. The predicted octanol–water partition coefficient (Wildman–Crippen LogP) is 3.59. The zero-order valence-electron chi connectivity index (χ0n) is 17.3. The van der Waals surface area contributed by atoms with Gasteiger partial charge in [0, 0.05) is 17.5 Å². The Morgan fingerprint density at radius 1 is 1.03 bits per heavy atom. The Kier molecular flexibility index (Phi) is 5.92. The molecular formula is C23H18ClN3O5S. The smallest absolute Gasteiger partial charge is 0.258 e. The second-order valence-electron chi connectivity index (χ2n) is 7.40. The van der Waals surface area contributed by atoms with E-state index in [1.54, 1.807) is 24.3 Å². The van der Waals surface area contributed by atoms with E-state index < -0.39 is 15.7 Å². The van der Waals surface area contributed by atoms with Crippen molar-refractivity contribution in [3.63, 3.8) is 0 Å². The van der Waals surface area contributed by atoms with Crippen molar-refractivity contribution in [2.45, 2.75) is 4.90 Å². The van der Waals surface area contributed by atoms with Crippen LogP contribution in [0.1, 0.15) is 20.7 Å². The standard InChI is InChI=1S/C23H18ClN3O5S/c1-33(31,32)16-10-11-18(24)17(12-16)22(29)25-15-8-6-14(7-9-15)23(30)27-13-21(28)26-19-4-2-3-5-20(19)27/h2-12H,13H2,1H3,(H,25,29)(H,26,28). The molecule has 0 fully saturated rings. The number of amides is 3. The highest BCUT2D eigenvalue weighted by Gasteiger charge is 2.27. The third-order valence-corrected chi connectivity index (χ3v) is 6.46. The Morgan fingerprint density at radius 2 is 1.73 bits per heavy atom. The molecule has 1 aliphatic rings. The second-order valence-corrected chi connectivity index (χ2v) is 9.82. The summed E-state index contributed by atoms with van der Waals surface area (Å²) in [5, 5.41) is 5.48. The van der Waals surface area contributed by atoms with E-state index in [0.717, 1.165) is 6.26 Å². The van der Waals surface area contributed by atoms with Gasteiger partial charge in [0.1, 0.15) is 6.54 Å². The van der Waals surface area contributed by atoms with Crippen LogP contribution in [0.5, 0.6) is 0 Å². The molecule has 0 spiro atoms. The Hall–Kier alpha value is -3.69. The number of benzene rings is 3. The summed E-state index contributed by atoms with van der Waals surface area (Å²) in [6, 6.07) is 17.0. The first-order valence-electron chi connectivity index (χ1n) is 9.75. The predicted molar refractivity (Wildman–Crippen MR) is 126 cm³/mol. The maximum absolute atomic E-state index is 13.0. The molecule has 0 saturated heterocycles. The van der Waals surface area contributed by atoms with Crippen molar-refractivity contribution in [1.29, 1.82) is 0 Å². The zero-order valence-corrected chi connectivity index (χ0v) is 18.9. The van der Waals surface area contributed by atoms with Crippen LogP contribution < -0.4 is 15.5 Å². The van der Waals surface area contributed by atoms with Crippen molar-refractivity contribution in [3.05, 3.63) is 82.9 Å². The van der Waals surface area contributed by atoms with Crippen LogP contribution in [0.2, 0.25) is 5.02 Å². The van der Waals surface area contributed by atoms with Crippen LogP contribution >= 0.6 is 11.6 Å². The number of halogens is 1. The van der Waals surface area contributed by atoms with Gasteiger partial charge in [0.2, 0.25) is 5.91 Å². The number of rotatable bonds is 4. The first-order chi connectivity index (χ1) is 15.6. The molecule has 3 aromatic rings. The largest absolute Gasteiger partial charge is 0.323 e. The summed E-state index contributed by atoms with van der Waals surface area (Å²) in [7, 11) is -3.51. The Labute approximate surface area is 195 Å². The molecule has 3 amide bonds. The van der Waals surface area contributed by atoms with Gasteiger partial charge in [-0.1, -0.05) is 23.7 Å². The van der Waals surface area contributed by atoms with E-state index in [1.807, 2.05) is 0 Å². The fourth-order valence-corrected chi connectivity index (χ4v) is 4.22. The van der Waals surface area contributed by atoms with Gasteiger partial charge in [0.25, 0.3) is 11.8 Å². The van der Waals surface area contributed by atoms with E-state index >= 15 is 0 Å². The van der Waals surface area contributed by atoms with E-state index in [4.69, 9.17) is 11.6 Å². The molecule has 1 heterocycles. The van der Waals surface area contributed by atoms with Crippen LogP contribution in [0.15, 0.2) is 71.6 Å². The van der Waals surface area contributed by atoms with Crippen molar-refractivity contribution >= 4 is 56.2 Å². The molecule has 0 aromatic heterocycles. The van der Waals surface area contributed by atoms with Crippen LogP contribution in [0, 0.1) is 0 Å². The topological polar surface area (TPSA) is 113 Å². The Balaban J connectivity index is 1.53. The first kappa shape index (κ1) is 22.5. The molecule has 8 nitrogen and oxygen atoms in total. The molecule has 4 rings (SSSR count). The van der Waals surface area contributed by atoms with E-state index in [2.05, 4.69) is 10.6 Å². The summed E-state index contributed by atoms with van der Waals surface area (Å²) in [4.78, 5) is 39.0. The van der Waals surface area contributed by atoms with Crippen LogP contribution in [-0.4, -0.2) is 38.9 Å². The molecular weight excluding hydrogens is 466 g/mol. The lowest BCUT2D eigenvalue weighted by Gasteiger charge is -2.29. The van der Waals surface area contributed by atoms with E-state index in [0.29, 0.717) is 22.6 Å². The van der Waals surface area contributed by atoms with Crippen LogP contribution in [-0.2, 0) is 14.6 Å². The van der Waals surface area contributed by atoms with Crippen LogP contribution in [0.25, 0.3) is 0 Å². The minimum Gasteiger partial charge on any atom is -0.323 e. The molecule has 168 valence electrons. The third kappa shape index (κ3) is 4.74. The van der Waals surface area contributed by atoms with Gasteiger partial charge < -0.3 is 10.6 Å². The van der Waals surface area contributed by atoms with Gasteiger partial charge in [0.05, 0.1) is 26.9 Å². The highest BCUT2D eigenvalue weighted by atomic mass is 35.5. The van der Waals surface area contributed by atoms with Gasteiger partial charge in [-0.2, -0.15) is 0 Å². The van der Waals surface area contributed by atoms with Gasteiger partial charge in [-0.3, -0.25) is 19.3 Å². The van der Waals surface area contributed by atoms with Crippen molar-refractivity contribution in [1.82, 2.24) is 0 Å². The average molecular weight is 484 g/mol. The number of fused-ring (bicyclic) bond motifs is 1. The van der Waals surface area contributed by atoms with Crippen molar-refractivity contribution in [2.75, 3.05) is 28.3 Å². The number of nitrogens with zero attached hydrogens (tertiary/aromatic N) is 1. The number of hydrogen-bond donors (Lipinski definition) is 2. The summed E-state index contributed by atoms with van der Waals surface area (Å²) in [5.41, 5.74) is 1.87. The number of sulfone groups is 1. The Bertz CT molecular complexity index is 1390. The van der Waals surface area contributed by atoms with Crippen LogP contribution in [0.4, 0.5) is 17.1 Å². The van der Waals surface area contributed by atoms with Gasteiger partial charge >= 0.3 is 0 Å². The molecule has 0 bridgehead atoms. The van der Waals surface area contributed by atoms with Crippen molar-refractivity contribution in [2.24, 2.45) is 0 Å². The third-order valence-electron chi connectivity index (χ3n) is 5.02. The van der Waals surface area contributed by atoms with Crippen molar-refractivity contribution < 1.29 is 22.8 Å². The van der Waals surface area contributed by atoms with E-state index in [9.17, 15) is 22.8 Å². The Morgan fingerprint density at radius 3 is 2.42 bits per heavy atom. The molecule has 0 atom stereocenters. The SMILES string of the molecule is CS(=O)(=O)c1ccc(Cl)c(C(=O)Nc2ccc(C(=O)N3CC(=O)Nc4ccccc43)cc2)c1. The lowest BCUT2D eigenvalue weighted by atomic mass is 10.1. The fourth-order valence-electron chi connectivity index (χ4n) is 3.37. The lowest BCUT2D eigenvalue weighted by Crippen LogP contribution is -2.42. The number of anilines is 3. The maximum Gasteiger partial charge on any atom is 0.258 e. The number of hydrogen-bond acceptors (Lipinski definition) is 5. The fraction of sp³-hybridized carbons (Fsp3) is 0.0870. The molecule has 10 heteroatoms. The lowest BCUT2D eigenvalue weighted by molar-refractivity contribution is -0.115. The minimum atomic E-state index is -3.51. The molecule has 0 saturated carbocycles. The molecule has 2 N–H and O–H groups in total. The van der Waals surface area contributed by atoms with E-state index in [1.165, 1.54) is 47.4 Å². The average Bonchev–Trinajstić information content (AvgIpc) is 2.78. The summed E-state index contributed by atoms with van der Waals surface area (Å²) in [6.07, 6.45) is 1.04. The normalized spacial score (nSPS) is 13.2. The van der Waals surface area contributed by atoms with Gasteiger partial charge in [-0.15, -0.1) is 0 Å². The maximum atomic E-state index is 13.0. The number of para-hydroxylation sites is 2. The molecule has 3 aromatic carbocycles. The highest BCUT2D eigenvalue weighted by Crippen LogP contribution is 2.30. The number of carbonyl (C=O) groups excluding carboxylic acids is 3. The zero-order chi connectivity index (χ0) is 23.8. The second kappa shape index (κ2) is 8.68. The number of nitrogens with one attached hydrogen (secondary N) is 2. The van der Waals surface area contributed by atoms with E-state index in [-0.39, 0.29) is 33.8 Å². The van der Waals surface area contributed by atoms with Crippen LogP contribution in [0.3, 0.4) is 0 Å².